The van der Waals surface area contributed by atoms with Gasteiger partial charge in [-0.05, 0) is 42.4 Å². The average Bonchev–Trinajstić information content (AvgIpc) is 2.89. The highest BCUT2D eigenvalue weighted by Gasteiger charge is 2.57. The van der Waals surface area contributed by atoms with Crippen LogP contribution in [-0.2, 0) is 11.8 Å². The molecular weight excluding hydrogens is 274 g/mol. The highest BCUT2D eigenvalue weighted by atomic mass is 16.1. The van der Waals surface area contributed by atoms with Gasteiger partial charge in [0.25, 0.3) is 5.91 Å². The van der Waals surface area contributed by atoms with Crippen LogP contribution in [0.1, 0.15) is 40.0 Å². The number of nitriles is 1. The maximum atomic E-state index is 12.1. The molecule has 1 heterocycles. The van der Waals surface area contributed by atoms with Crippen molar-refractivity contribution in [1.29, 1.82) is 5.26 Å². The van der Waals surface area contributed by atoms with E-state index in [1.165, 1.54) is 24.0 Å². The number of aryl methyl sites for hydroxylation is 1. The smallest absolute Gasteiger partial charge is 0.267 e. The summed E-state index contributed by atoms with van der Waals surface area (Å²) >= 11 is 0. The lowest BCUT2D eigenvalue weighted by atomic mass is 9.95. The molecular formula is C18H17N3O. The Morgan fingerprint density at radius 1 is 1.45 bits per heavy atom. The third-order valence-corrected chi connectivity index (χ3v) is 5.19. The lowest BCUT2D eigenvalue weighted by Gasteiger charge is -2.12. The third kappa shape index (κ3) is 1.93. The van der Waals surface area contributed by atoms with Crippen LogP contribution < -0.4 is 5.32 Å². The molecule has 1 spiro atoms. The van der Waals surface area contributed by atoms with Gasteiger partial charge in [-0.2, -0.15) is 5.26 Å². The fourth-order valence-corrected chi connectivity index (χ4v) is 3.90. The summed E-state index contributed by atoms with van der Waals surface area (Å²) in [4.78, 5) is 14.9. The van der Waals surface area contributed by atoms with Crippen LogP contribution in [0.2, 0.25) is 0 Å². The third-order valence-electron chi connectivity index (χ3n) is 5.19. The Hall–Kier alpha value is -2.54. The molecule has 22 heavy (non-hydrogen) atoms. The molecule has 1 saturated carbocycles. The monoisotopic (exact) mass is 291 g/mol. The number of rotatable bonds is 3. The molecule has 1 aromatic carbocycles. The number of carbonyl (C=O) groups excluding carboxylic acids is 1. The molecule has 1 fully saturated rings. The van der Waals surface area contributed by atoms with E-state index in [2.05, 4.69) is 34.6 Å². The van der Waals surface area contributed by atoms with Crippen molar-refractivity contribution in [2.75, 3.05) is 6.54 Å². The summed E-state index contributed by atoms with van der Waals surface area (Å²) in [7, 11) is 0. The first-order valence-corrected chi connectivity index (χ1v) is 7.68. The number of nitrogens with one attached hydrogen (secondary N) is 2. The zero-order chi connectivity index (χ0) is 15.2. The minimum Gasteiger partial charge on any atom is -0.356 e. The molecule has 0 bridgehead atoms. The number of aromatic amines is 1. The number of hydrogen-bond acceptors (Lipinski definition) is 2. The summed E-state index contributed by atoms with van der Waals surface area (Å²) in [6.45, 7) is 0.702. The molecule has 0 radical (unpaired) electrons. The first-order chi connectivity index (χ1) is 10.7. The van der Waals surface area contributed by atoms with Gasteiger partial charge >= 0.3 is 0 Å². The summed E-state index contributed by atoms with van der Waals surface area (Å²) in [6.07, 6.45) is 5.08. The number of fused-ring (bicyclic) bond motifs is 2. The van der Waals surface area contributed by atoms with Crippen LogP contribution in [0.5, 0.6) is 0 Å². The Labute approximate surface area is 129 Å². The number of benzene rings is 1. The average molecular weight is 291 g/mol. The molecule has 1 aromatic heterocycles. The molecule has 4 rings (SSSR count). The van der Waals surface area contributed by atoms with E-state index in [1.807, 2.05) is 6.07 Å². The van der Waals surface area contributed by atoms with Crippen LogP contribution in [0.25, 0.3) is 0 Å². The SMILES string of the molecule is N#Cc1c[nH]c(C(=O)NC[C@H]2C[C@]23CCc2ccccc23)c1. The van der Waals surface area contributed by atoms with E-state index in [9.17, 15) is 4.79 Å². The van der Waals surface area contributed by atoms with E-state index in [0.717, 1.165) is 6.42 Å². The van der Waals surface area contributed by atoms with Gasteiger partial charge in [0.2, 0.25) is 0 Å². The fourth-order valence-electron chi connectivity index (χ4n) is 3.90. The number of H-pyrrole nitrogens is 1. The second-order valence-electron chi connectivity index (χ2n) is 6.34. The van der Waals surface area contributed by atoms with Crippen molar-refractivity contribution >= 4 is 5.91 Å². The second-order valence-corrected chi connectivity index (χ2v) is 6.34. The summed E-state index contributed by atoms with van der Waals surface area (Å²) in [5.74, 6) is 0.403. The van der Waals surface area contributed by atoms with Crippen molar-refractivity contribution in [1.82, 2.24) is 10.3 Å². The Kier molecular flexibility index (Phi) is 2.83. The van der Waals surface area contributed by atoms with Gasteiger partial charge in [-0.15, -0.1) is 0 Å². The van der Waals surface area contributed by atoms with Crippen molar-refractivity contribution in [2.24, 2.45) is 5.92 Å². The Morgan fingerprint density at radius 2 is 2.32 bits per heavy atom. The summed E-state index contributed by atoms with van der Waals surface area (Å²) in [5, 5.41) is 11.8. The van der Waals surface area contributed by atoms with Gasteiger partial charge in [-0.3, -0.25) is 4.79 Å². The Morgan fingerprint density at radius 3 is 3.14 bits per heavy atom. The van der Waals surface area contributed by atoms with E-state index in [4.69, 9.17) is 5.26 Å². The van der Waals surface area contributed by atoms with Crippen LogP contribution in [-0.4, -0.2) is 17.4 Å². The Balaban J connectivity index is 1.41. The van der Waals surface area contributed by atoms with E-state index in [1.54, 1.807) is 12.3 Å². The van der Waals surface area contributed by atoms with Crippen LogP contribution in [0.4, 0.5) is 0 Å². The quantitative estimate of drug-likeness (QED) is 0.912. The van der Waals surface area contributed by atoms with Crippen LogP contribution in [0, 0.1) is 17.2 Å². The van der Waals surface area contributed by atoms with Gasteiger partial charge in [0.05, 0.1) is 5.56 Å². The first kappa shape index (κ1) is 13.1. The van der Waals surface area contributed by atoms with Gasteiger partial charge in [-0.1, -0.05) is 24.3 Å². The second kappa shape index (κ2) is 4.74. The van der Waals surface area contributed by atoms with Gasteiger partial charge < -0.3 is 10.3 Å². The topological polar surface area (TPSA) is 68.7 Å². The fraction of sp³-hybridized carbons (Fsp3) is 0.333. The molecule has 0 unspecified atom stereocenters. The van der Waals surface area contributed by atoms with E-state index in [-0.39, 0.29) is 5.91 Å². The largest absolute Gasteiger partial charge is 0.356 e. The zero-order valence-corrected chi connectivity index (χ0v) is 12.2. The molecule has 1 amide bonds. The minimum atomic E-state index is -0.130. The van der Waals surface area contributed by atoms with Gasteiger partial charge in [0.1, 0.15) is 11.8 Å². The van der Waals surface area contributed by atoms with Gasteiger partial charge in [0, 0.05) is 18.2 Å². The number of aromatic nitrogens is 1. The lowest BCUT2D eigenvalue weighted by Crippen LogP contribution is -2.27. The first-order valence-electron chi connectivity index (χ1n) is 7.68. The molecule has 4 heteroatoms. The molecule has 4 nitrogen and oxygen atoms in total. The molecule has 2 aromatic rings. The molecule has 0 aliphatic heterocycles. The van der Waals surface area contributed by atoms with Crippen molar-refractivity contribution in [3.8, 4) is 6.07 Å². The molecule has 2 atom stereocenters. The number of hydrogen-bond donors (Lipinski definition) is 2. The van der Waals surface area contributed by atoms with E-state index >= 15 is 0 Å². The summed E-state index contributed by atoms with van der Waals surface area (Å²) in [5.41, 5.74) is 4.20. The van der Waals surface area contributed by atoms with Crippen LogP contribution >= 0.6 is 0 Å². The summed E-state index contributed by atoms with van der Waals surface area (Å²) < 4.78 is 0. The van der Waals surface area contributed by atoms with Gasteiger partial charge in [0.15, 0.2) is 0 Å². The standard InChI is InChI=1S/C18H17N3O/c19-9-12-7-16(20-10-12)17(22)21-11-14-8-18(14)6-5-13-3-1-2-4-15(13)18/h1-4,7,10,14,20H,5-6,8,11H2,(H,21,22)/t14-,18-/m1/s1. The van der Waals surface area contributed by atoms with Crippen molar-refractivity contribution < 1.29 is 4.79 Å². The molecule has 0 saturated heterocycles. The normalized spacial score (nSPS) is 24.8. The Bertz CT molecular complexity index is 786. The van der Waals surface area contributed by atoms with E-state index < -0.39 is 0 Å². The zero-order valence-electron chi connectivity index (χ0n) is 12.2. The summed E-state index contributed by atoms with van der Waals surface area (Å²) in [6, 6.07) is 12.3. The highest BCUT2D eigenvalue weighted by Crippen LogP contribution is 2.61. The predicted molar refractivity (Wildman–Crippen MR) is 82.4 cm³/mol. The van der Waals surface area contributed by atoms with Crippen molar-refractivity contribution in [3.05, 3.63) is 58.9 Å². The number of carbonyl (C=O) groups is 1. The predicted octanol–water partition coefficient (Wildman–Crippen LogP) is 2.52. The molecule has 110 valence electrons. The maximum absolute atomic E-state index is 12.1. The van der Waals surface area contributed by atoms with Crippen molar-refractivity contribution in [2.45, 2.75) is 24.7 Å². The lowest BCUT2D eigenvalue weighted by molar-refractivity contribution is 0.0946. The highest BCUT2D eigenvalue weighted by molar-refractivity contribution is 5.92. The maximum Gasteiger partial charge on any atom is 0.267 e. The molecule has 2 aliphatic carbocycles. The van der Waals surface area contributed by atoms with Gasteiger partial charge in [-0.25, -0.2) is 0 Å². The van der Waals surface area contributed by atoms with Crippen molar-refractivity contribution in [3.63, 3.8) is 0 Å². The number of nitrogens with zero attached hydrogens (tertiary/aromatic N) is 1. The number of amides is 1. The molecule has 2 N–H and O–H groups in total. The van der Waals surface area contributed by atoms with Crippen LogP contribution in [0.15, 0.2) is 36.5 Å². The minimum absolute atomic E-state index is 0.130. The molecule has 2 aliphatic rings. The van der Waals surface area contributed by atoms with E-state index in [0.29, 0.717) is 29.1 Å². The van der Waals surface area contributed by atoms with Crippen LogP contribution in [0.3, 0.4) is 0 Å².